The van der Waals surface area contributed by atoms with Crippen LogP contribution in [0.5, 0.6) is 0 Å². The van der Waals surface area contributed by atoms with Crippen LogP contribution in [0.4, 0.5) is 0 Å². The van der Waals surface area contributed by atoms with E-state index in [-0.39, 0.29) is 16.7 Å². The number of hydrogen-bond acceptors (Lipinski definition) is 3. The van der Waals surface area contributed by atoms with Crippen molar-refractivity contribution >= 4 is 17.7 Å². The van der Waals surface area contributed by atoms with Gasteiger partial charge in [0.05, 0.1) is 6.04 Å². The lowest BCUT2D eigenvalue weighted by atomic mass is 9.99. The molecule has 0 spiro atoms. The van der Waals surface area contributed by atoms with E-state index in [2.05, 4.69) is 85.2 Å². The van der Waals surface area contributed by atoms with Crippen LogP contribution in [0.15, 0.2) is 72.8 Å². The van der Waals surface area contributed by atoms with Gasteiger partial charge in [0.25, 0.3) is 0 Å². The van der Waals surface area contributed by atoms with Gasteiger partial charge in [-0.3, -0.25) is 4.79 Å². The second-order valence-electron chi connectivity index (χ2n) is 8.92. The molecule has 1 aliphatic heterocycles. The fourth-order valence-corrected chi connectivity index (χ4v) is 5.27. The third-order valence-electron chi connectivity index (χ3n) is 6.06. The van der Waals surface area contributed by atoms with Crippen molar-refractivity contribution in [2.75, 3.05) is 13.1 Å². The summed E-state index contributed by atoms with van der Waals surface area (Å²) in [5.74, 6) is 1.12. The number of amides is 1. The summed E-state index contributed by atoms with van der Waals surface area (Å²) in [6, 6.07) is 21.3. The van der Waals surface area contributed by atoms with Crippen molar-refractivity contribution in [1.82, 2.24) is 10.2 Å². The molecule has 3 nitrogen and oxygen atoms in total. The predicted octanol–water partition coefficient (Wildman–Crippen LogP) is 5.82. The average Bonchev–Trinajstić information content (AvgIpc) is 3.08. The molecule has 3 rings (SSSR count). The van der Waals surface area contributed by atoms with Gasteiger partial charge < -0.3 is 10.2 Å². The van der Waals surface area contributed by atoms with Gasteiger partial charge >= 0.3 is 0 Å². The number of unbranched alkanes of at least 4 members (excludes halogenated alkanes) is 2. The molecule has 0 aromatic heterocycles. The van der Waals surface area contributed by atoms with Crippen molar-refractivity contribution in [2.24, 2.45) is 0 Å². The van der Waals surface area contributed by atoms with Crippen molar-refractivity contribution in [2.45, 2.75) is 62.6 Å². The number of hydrogen-bond donors (Lipinski definition) is 1. The first kappa shape index (κ1) is 23.6. The van der Waals surface area contributed by atoms with Crippen molar-refractivity contribution in [3.63, 3.8) is 0 Å². The van der Waals surface area contributed by atoms with E-state index in [0.717, 1.165) is 56.6 Å². The Bertz CT molecular complexity index is 835. The van der Waals surface area contributed by atoms with Gasteiger partial charge in [0.1, 0.15) is 0 Å². The molecule has 1 heterocycles. The molecule has 1 aliphatic rings. The van der Waals surface area contributed by atoms with E-state index in [1.807, 2.05) is 17.8 Å². The summed E-state index contributed by atoms with van der Waals surface area (Å²) >= 11 is 1.94. The number of likely N-dealkylation sites (tertiary alicyclic amines) is 1. The van der Waals surface area contributed by atoms with Crippen LogP contribution in [-0.2, 0) is 17.1 Å². The summed E-state index contributed by atoms with van der Waals surface area (Å²) in [5, 5.41) is 3.51. The first-order valence-corrected chi connectivity index (χ1v) is 12.4. The molecule has 1 N–H and O–H groups in total. The lowest BCUT2D eigenvalue weighted by molar-refractivity contribution is -0.126. The minimum atomic E-state index is -0.0117. The van der Waals surface area contributed by atoms with Crippen LogP contribution < -0.4 is 5.32 Å². The lowest BCUT2D eigenvalue weighted by Gasteiger charge is -2.37. The van der Waals surface area contributed by atoms with Gasteiger partial charge in [-0.05, 0) is 50.8 Å². The number of carbonyl (C=O) groups is 1. The SMILES string of the molecule is C=C1CC(C(C)(C)SCc2ccccc2)N(CCCCCNCc2ccccc2)C1=O. The molecule has 1 unspecified atom stereocenters. The van der Waals surface area contributed by atoms with Crippen LogP contribution in [-0.4, -0.2) is 34.7 Å². The van der Waals surface area contributed by atoms with Crippen LogP contribution >= 0.6 is 11.8 Å². The largest absolute Gasteiger partial charge is 0.334 e. The number of nitrogens with zero attached hydrogens (tertiary/aromatic N) is 1. The number of carbonyl (C=O) groups excluding carboxylic acids is 1. The molecule has 0 aliphatic carbocycles. The number of nitrogens with one attached hydrogen (secondary N) is 1. The van der Waals surface area contributed by atoms with E-state index in [4.69, 9.17) is 0 Å². The van der Waals surface area contributed by atoms with Crippen LogP contribution in [0.3, 0.4) is 0 Å². The second-order valence-corrected chi connectivity index (χ2v) is 10.6. The van der Waals surface area contributed by atoms with Gasteiger partial charge in [-0.15, -0.1) is 11.8 Å². The van der Waals surface area contributed by atoms with Crippen LogP contribution in [0.1, 0.15) is 50.7 Å². The Labute approximate surface area is 192 Å². The van der Waals surface area contributed by atoms with Crippen molar-refractivity contribution in [3.05, 3.63) is 83.9 Å². The average molecular weight is 437 g/mol. The third-order valence-corrected chi connectivity index (χ3v) is 7.55. The maximum absolute atomic E-state index is 12.8. The Morgan fingerprint density at radius 3 is 2.32 bits per heavy atom. The van der Waals surface area contributed by atoms with Crippen molar-refractivity contribution in [1.29, 1.82) is 0 Å². The molecule has 0 bridgehead atoms. The van der Waals surface area contributed by atoms with Crippen LogP contribution in [0.2, 0.25) is 0 Å². The Kier molecular flexibility index (Phi) is 8.79. The van der Waals surface area contributed by atoms with E-state index < -0.39 is 0 Å². The Hall–Kier alpha value is -2.04. The smallest absolute Gasteiger partial charge is 0.249 e. The number of thioether (sulfide) groups is 1. The first-order chi connectivity index (χ1) is 15.0. The molecule has 31 heavy (non-hydrogen) atoms. The quantitative estimate of drug-likeness (QED) is 0.336. The molecule has 1 fully saturated rings. The molecule has 4 heteroatoms. The van der Waals surface area contributed by atoms with Gasteiger partial charge in [0.15, 0.2) is 0 Å². The van der Waals surface area contributed by atoms with Gasteiger partial charge in [0.2, 0.25) is 5.91 Å². The predicted molar refractivity (Wildman–Crippen MR) is 133 cm³/mol. The van der Waals surface area contributed by atoms with E-state index in [9.17, 15) is 4.79 Å². The van der Waals surface area contributed by atoms with Crippen molar-refractivity contribution < 1.29 is 4.79 Å². The number of benzene rings is 2. The summed E-state index contributed by atoms with van der Waals surface area (Å²) < 4.78 is -0.0117. The van der Waals surface area contributed by atoms with E-state index in [1.165, 1.54) is 11.1 Å². The highest BCUT2D eigenvalue weighted by atomic mass is 32.2. The molecule has 1 saturated heterocycles. The third kappa shape index (κ3) is 6.98. The molecule has 166 valence electrons. The Balaban J connectivity index is 1.42. The fourth-order valence-electron chi connectivity index (χ4n) is 4.13. The van der Waals surface area contributed by atoms with E-state index >= 15 is 0 Å². The van der Waals surface area contributed by atoms with E-state index in [0.29, 0.717) is 0 Å². The Morgan fingerprint density at radius 1 is 1.00 bits per heavy atom. The zero-order chi connectivity index (χ0) is 22.1. The first-order valence-electron chi connectivity index (χ1n) is 11.4. The summed E-state index contributed by atoms with van der Waals surface area (Å²) in [5.41, 5.74) is 3.42. The molecule has 2 aromatic rings. The summed E-state index contributed by atoms with van der Waals surface area (Å²) in [4.78, 5) is 14.9. The van der Waals surface area contributed by atoms with Crippen molar-refractivity contribution in [3.8, 4) is 0 Å². The van der Waals surface area contributed by atoms with Gasteiger partial charge in [0, 0.05) is 29.2 Å². The van der Waals surface area contributed by atoms with Gasteiger partial charge in [-0.25, -0.2) is 0 Å². The Morgan fingerprint density at radius 2 is 1.65 bits per heavy atom. The standard InChI is InChI=1S/C27H36N2OS/c1-22-19-25(27(2,3)31-21-24-15-9-5-10-16-24)29(26(22)30)18-12-6-11-17-28-20-23-13-7-4-8-14-23/h4-5,7-10,13-16,25,28H,1,6,11-12,17-21H2,2-3H3. The molecule has 1 atom stereocenters. The highest BCUT2D eigenvalue weighted by molar-refractivity contribution is 7.99. The molecular weight excluding hydrogens is 400 g/mol. The number of rotatable bonds is 12. The van der Waals surface area contributed by atoms with E-state index in [1.54, 1.807) is 0 Å². The lowest BCUT2D eigenvalue weighted by Crippen LogP contribution is -2.45. The monoisotopic (exact) mass is 436 g/mol. The normalized spacial score (nSPS) is 16.8. The highest BCUT2D eigenvalue weighted by Crippen LogP contribution is 2.40. The van der Waals surface area contributed by atoms with Gasteiger partial charge in [-0.2, -0.15) is 0 Å². The highest BCUT2D eigenvalue weighted by Gasteiger charge is 2.43. The second kappa shape index (κ2) is 11.5. The summed E-state index contributed by atoms with van der Waals surface area (Å²) in [6.45, 7) is 11.4. The maximum Gasteiger partial charge on any atom is 0.249 e. The summed E-state index contributed by atoms with van der Waals surface area (Å²) in [7, 11) is 0. The molecule has 0 radical (unpaired) electrons. The minimum Gasteiger partial charge on any atom is -0.334 e. The topological polar surface area (TPSA) is 32.3 Å². The molecular formula is C27H36N2OS. The molecule has 1 amide bonds. The zero-order valence-electron chi connectivity index (χ0n) is 19.0. The fraction of sp³-hybridized carbons (Fsp3) is 0.444. The molecule has 0 saturated carbocycles. The van der Waals surface area contributed by atoms with Crippen LogP contribution in [0.25, 0.3) is 0 Å². The maximum atomic E-state index is 12.8. The summed E-state index contributed by atoms with van der Waals surface area (Å²) in [6.07, 6.45) is 4.09. The minimum absolute atomic E-state index is 0.0117. The zero-order valence-corrected chi connectivity index (χ0v) is 19.8. The van der Waals surface area contributed by atoms with Gasteiger partial charge in [-0.1, -0.05) is 73.7 Å². The van der Waals surface area contributed by atoms with Crippen LogP contribution in [0, 0.1) is 0 Å². The molecule has 2 aromatic carbocycles.